The van der Waals surface area contributed by atoms with E-state index >= 15 is 0 Å². The van der Waals surface area contributed by atoms with Gasteiger partial charge in [-0.05, 0) is 33.1 Å². The van der Waals surface area contributed by atoms with Crippen molar-refractivity contribution >= 4 is 28.3 Å². The van der Waals surface area contributed by atoms with Crippen LogP contribution in [-0.4, -0.2) is 33.0 Å². The number of carbonyl (C=O) groups is 2. The molecule has 0 fully saturated rings. The van der Waals surface area contributed by atoms with Crippen LogP contribution in [0.5, 0.6) is 0 Å². The van der Waals surface area contributed by atoms with Crippen LogP contribution in [0.15, 0.2) is 10.2 Å². The van der Waals surface area contributed by atoms with Crippen LogP contribution in [0.3, 0.4) is 0 Å². The van der Waals surface area contributed by atoms with Crippen molar-refractivity contribution in [1.29, 1.82) is 0 Å². The van der Waals surface area contributed by atoms with Gasteiger partial charge in [-0.1, -0.05) is 0 Å². The average molecular weight is 376 g/mol. The van der Waals surface area contributed by atoms with Crippen LogP contribution >= 0.6 is 11.3 Å². The first-order chi connectivity index (χ1) is 12.5. The van der Waals surface area contributed by atoms with Gasteiger partial charge in [0, 0.05) is 10.9 Å². The van der Waals surface area contributed by atoms with Gasteiger partial charge in [0.25, 0.3) is 5.56 Å². The number of anilines is 1. The third-order valence-corrected chi connectivity index (χ3v) is 4.92. The Labute approximate surface area is 154 Å². The van der Waals surface area contributed by atoms with Crippen molar-refractivity contribution in [3.05, 3.63) is 38.5 Å². The number of nitrogens with one attached hydrogen (secondary N) is 1. The second-order valence-electron chi connectivity index (χ2n) is 6.00. The zero-order valence-electron chi connectivity index (χ0n) is 14.7. The van der Waals surface area contributed by atoms with E-state index in [-0.39, 0.29) is 30.4 Å². The molecule has 1 aliphatic rings. The summed E-state index contributed by atoms with van der Waals surface area (Å²) in [5, 5.41) is 4.75. The quantitative estimate of drug-likeness (QED) is 0.761. The summed E-state index contributed by atoms with van der Waals surface area (Å²) < 4.78 is 6.27. The molecule has 1 aliphatic carbocycles. The highest BCUT2D eigenvalue weighted by molar-refractivity contribution is 7.13. The number of aryl methyl sites for hydroxylation is 2. The van der Waals surface area contributed by atoms with E-state index in [9.17, 15) is 14.4 Å². The summed E-state index contributed by atoms with van der Waals surface area (Å²) in [6.07, 6.45) is 2.52. The SMILES string of the molecule is CCOC(=O)Cc1csc(NC(=O)Cn2c(C)nc3c(c2=O)CCC3)n1. The van der Waals surface area contributed by atoms with Crippen LogP contribution in [0.1, 0.15) is 36.1 Å². The topological polar surface area (TPSA) is 103 Å². The van der Waals surface area contributed by atoms with Crippen LogP contribution < -0.4 is 10.9 Å². The van der Waals surface area contributed by atoms with Crippen LogP contribution in [0.2, 0.25) is 0 Å². The Kier molecular flexibility index (Phi) is 5.46. The number of hydrogen-bond acceptors (Lipinski definition) is 7. The molecule has 2 aromatic rings. The summed E-state index contributed by atoms with van der Waals surface area (Å²) in [5.74, 6) is -0.179. The fraction of sp³-hybridized carbons (Fsp3) is 0.471. The second-order valence-corrected chi connectivity index (χ2v) is 6.86. The normalized spacial score (nSPS) is 12.7. The van der Waals surface area contributed by atoms with Crippen LogP contribution in [0.4, 0.5) is 5.13 Å². The molecule has 0 saturated carbocycles. The molecule has 138 valence electrons. The molecule has 0 unspecified atom stereocenters. The van der Waals surface area contributed by atoms with Gasteiger partial charge in [-0.15, -0.1) is 11.3 Å². The Balaban J connectivity index is 1.66. The first kappa shape index (κ1) is 18.2. The summed E-state index contributed by atoms with van der Waals surface area (Å²) in [7, 11) is 0. The lowest BCUT2D eigenvalue weighted by Crippen LogP contribution is -2.32. The van der Waals surface area contributed by atoms with Gasteiger partial charge in [0.15, 0.2) is 5.13 Å². The van der Waals surface area contributed by atoms with Gasteiger partial charge >= 0.3 is 5.97 Å². The summed E-state index contributed by atoms with van der Waals surface area (Å²) in [5.41, 5.74) is 1.97. The molecule has 0 saturated heterocycles. The Bertz CT molecular complexity index is 903. The van der Waals surface area contributed by atoms with E-state index in [1.54, 1.807) is 19.2 Å². The van der Waals surface area contributed by atoms with Crippen molar-refractivity contribution in [2.24, 2.45) is 0 Å². The number of amides is 1. The smallest absolute Gasteiger partial charge is 0.311 e. The maximum absolute atomic E-state index is 12.5. The van der Waals surface area contributed by atoms with Gasteiger partial charge in [0.05, 0.1) is 24.4 Å². The van der Waals surface area contributed by atoms with E-state index in [1.807, 2.05) is 0 Å². The monoisotopic (exact) mass is 376 g/mol. The number of thiazole rings is 1. The number of ether oxygens (including phenoxy) is 1. The van der Waals surface area contributed by atoms with Crippen LogP contribution in [0, 0.1) is 6.92 Å². The van der Waals surface area contributed by atoms with Crippen molar-refractivity contribution < 1.29 is 14.3 Å². The fourth-order valence-electron chi connectivity index (χ4n) is 2.94. The minimum Gasteiger partial charge on any atom is -0.466 e. The Morgan fingerprint density at radius 3 is 2.92 bits per heavy atom. The molecule has 3 rings (SSSR count). The molecule has 1 N–H and O–H groups in total. The Morgan fingerprint density at radius 1 is 1.35 bits per heavy atom. The molecule has 0 aliphatic heterocycles. The maximum Gasteiger partial charge on any atom is 0.311 e. The molecule has 1 amide bonds. The lowest BCUT2D eigenvalue weighted by molar-refractivity contribution is -0.142. The van der Waals surface area contributed by atoms with E-state index < -0.39 is 0 Å². The van der Waals surface area contributed by atoms with Gasteiger partial charge in [0.2, 0.25) is 5.91 Å². The number of fused-ring (bicyclic) bond motifs is 1. The van der Waals surface area contributed by atoms with Gasteiger partial charge in [-0.25, -0.2) is 9.97 Å². The number of nitrogens with zero attached hydrogens (tertiary/aromatic N) is 3. The zero-order valence-corrected chi connectivity index (χ0v) is 15.5. The Hall–Kier alpha value is -2.55. The molecule has 8 nitrogen and oxygen atoms in total. The highest BCUT2D eigenvalue weighted by atomic mass is 32.1. The Morgan fingerprint density at radius 2 is 2.15 bits per heavy atom. The molecule has 0 atom stereocenters. The number of carbonyl (C=O) groups excluding carboxylic acids is 2. The fourth-order valence-corrected chi connectivity index (χ4v) is 3.67. The van der Waals surface area contributed by atoms with E-state index in [1.165, 1.54) is 15.9 Å². The highest BCUT2D eigenvalue weighted by Gasteiger charge is 2.20. The average Bonchev–Trinajstić information content (AvgIpc) is 3.21. The third kappa shape index (κ3) is 3.98. The summed E-state index contributed by atoms with van der Waals surface area (Å²) in [4.78, 5) is 44.9. The van der Waals surface area contributed by atoms with Gasteiger partial charge in [-0.3, -0.25) is 19.0 Å². The van der Waals surface area contributed by atoms with Gasteiger partial charge in [0.1, 0.15) is 12.4 Å². The number of aromatic nitrogens is 3. The summed E-state index contributed by atoms with van der Waals surface area (Å²) in [6.45, 7) is 3.67. The standard InChI is InChI=1S/C17H20N4O4S/c1-3-25-15(23)7-11-9-26-17(19-11)20-14(22)8-21-10(2)18-13-6-4-5-12(13)16(21)24/h9H,3-8H2,1-2H3,(H,19,20,22). The van der Waals surface area contributed by atoms with Crippen molar-refractivity contribution in [2.75, 3.05) is 11.9 Å². The molecule has 0 radical (unpaired) electrons. The lowest BCUT2D eigenvalue weighted by atomic mass is 10.2. The highest BCUT2D eigenvalue weighted by Crippen LogP contribution is 2.18. The molecular weight excluding hydrogens is 356 g/mol. The predicted octanol–water partition coefficient (Wildman–Crippen LogP) is 1.24. The molecule has 0 spiro atoms. The van der Waals surface area contributed by atoms with E-state index in [0.29, 0.717) is 29.7 Å². The first-order valence-electron chi connectivity index (χ1n) is 8.47. The van der Waals surface area contributed by atoms with Crippen LogP contribution in [0.25, 0.3) is 0 Å². The van der Waals surface area contributed by atoms with Crippen molar-refractivity contribution in [3.63, 3.8) is 0 Å². The minimum absolute atomic E-state index is 0.0630. The largest absolute Gasteiger partial charge is 0.466 e. The molecule has 0 bridgehead atoms. The number of hydrogen-bond donors (Lipinski definition) is 1. The van der Waals surface area contributed by atoms with E-state index in [0.717, 1.165) is 24.1 Å². The van der Waals surface area contributed by atoms with Crippen molar-refractivity contribution in [2.45, 2.75) is 46.1 Å². The molecule has 0 aromatic carbocycles. The second kappa shape index (κ2) is 7.77. The van der Waals surface area contributed by atoms with E-state index in [2.05, 4.69) is 15.3 Å². The van der Waals surface area contributed by atoms with Crippen molar-refractivity contribution in [1.82, 2.24) is 14.5 Å². The van der Waals surface area contributed by atoms with Crippen LogP contribution in [-0.2, 0) is 40.1 Å². The van der Waals surface area contributed by atoms with Crippen molar-refractivity contribution in [3.8, 4) is 0 Å². The van der Waals surface area contributed by atoms with Gasteiger partial charge < -0.3 is 10.1 Å². The maximum atomic E-state index is 12.5. The van der Waals surface area contributed by atoms with E-state index in [4.69, 9.17) is 4.74 Å². The molecule has 2 aromatic heterocycles. The minimum atomic E-state index is -0.359. The molecule has 26 heavy (non-hydrogen) atoms. The zero-order chi connectivity index (χ0) is 18.7. The summed E-state index contributed by atoms with van der Waals surface area (Å²) in [6, 6.07) is 0. The summed E-state index contributed by atoms with van der Waals surface area (Å²) >= 11 is 1.22. The molecule has 2 heterocycles. The molecule has 9 heteroatoms. The predicted molar refractivity (Wildman–Crippen MR) is 96.3 cm³/mol. The van der Waals surface area contributed by atoms with Gasteiger partial charge in [-0.2, -0.15) is 0 Å². The first-order valence-corrected chi connectivity index (χ1v) is 9.35. The number of esters is 1. The molecular formula is C17H20N4O4S. The number of rotatable bonds is 6. The lowest BCUT2D eigenvalue weighted by Gasteiger charge is -2.11. The third-order valence-electron chi connectivity index (χ3n) is 4.11.